The van der Waals surface area contributed by atoms with Crippen molar-refractivity contribution in [2.45, 2.75) is 70.5 Å². The monoisotopic (exact) mass is 200 g/mol. The lowest BCUT2D eigenvalue weighted by Crippen LogP contribution is -2.28. The van der Waals surface area contributed by atoms with Gasteiger partial charge in [-0.05, 0) is 31.6 Å². The third kappa shape index (κ3) is 3.97. The summed E-state index contributed by atoms with van der Waals surface area (Å²) in [7, 11) is 0. The van der Waals surface area contributed by atoms with E-state index in [1.807, 2.05) is 0 Å². The Morgan fingerprint density at radius 1 is 1.29 bits per heavy atom. The van der Waals surface area contributed by atoms with Crippen molar-refractivity contribution in [3.63, 3.8) is 0 Å². The van der Waals surface area contributed by atoms with Crippen LogP contribution in [-0.2, 0) is 0 Å². The van der Waals surface area contributed by atoms with Crippen LogP contribution in [0.15, 0.2) is 0 Å². The molecule has 0 aromatic heterocycles. The minimum absolute atomic E-state index is 0.153. The molecule has 0 amide bonds. The van der Waals surface area contributed by atoms with Crippen LogP contribution in [0.2, 0.25) is 0 Å². The summed E-state index contributed by atoms with van der Waals surface area (Å²) in [5, 5.41) is 19.5. The maximum absolute atomic E-state index is 9.74. The van der Waals surface area contributed by atoms with E-state index < -0.39 is 0 Å². The molecule has 0 radical (unpaired) electrons. The first kappa shape index (κ1) is 12.0. The molecule has 3 atom stereocenters. The molecule has 0 heterocycles. The predicted octanol–water partition coefficient (Wildman–Crippen LogP) is 2.48. The molecular formula is C12H24O2. The zero-order valence-electron chi connectivity index (χ0n) is 9.28. The fourth-order valence-corrected chi connectivity index (χ4v) is 2.37. The number of aliphatic hydroxyl groups excluding tert-OH is 2. The fraction of sp³-hybridized carbons (Fsp3) is 1.00. The van der Waals surface area contributed by atoms with Gasteiger partial charge in [0.15, 0.2) is 0 Å². The number of hydrogen-bond donors (Lipinski definition) is 2. The quantitative estimate of drug-likeness (QED) is 0.715. The van der Waals surface area contributed by atoms with Crippen LogP contribution in [0.25, 0.3) is 0 Å². The van der Waals surface area contributed by atoms with Crippen molar-refractivity contribution in [2.75, 3.05) is 0 Å². The van der Waals surface area contributed by atoms with Gasteiger partial charge in [0.2, 0.25) is 0 Å². The Labute approximate surface area is 87.3 Å². The highest BCUT2D eigenvalue weighted by molar-refractivity contribution is 4.76. The Kier molecular flexibility index (Phi) is 5.49. The van der Waals surface area contributed by atoms with Crippen molar-refractivity contribution in [2.24, 2.45) is 5.92 Å². The van der Waals surface area contributed by atoms with Gasteiger partial charge < -0.3 is 10.2 Å². The highest BCUT2D eigenvalue weighted by Gasteiger charge is 2.24. The van der Waals surface area contributed by atoms with Crippen LogP contribution >= 0.6 is 0 Å². The molecule has 2 heteroatoms. The second kappa shape index (κ2) is 6.41. The lowest BCUT2D eigenvalue weighted by Gasteiger charge is -2.29. The number of aliphatic hydroxyl groups is 2. The fourth-order valence-electron chi connectivity index (χ4n) is 2.37. The standard InChI is InChI=1S/C12H24O2/c1-2-3-7-11(13)9-10-6-4-5-8-12(10)14/h10-14H,2-9H2,1H3/t10-,11-,12-/m1/s1. The Balaban J connectivity index is 2.20. The van der Waals surface area contributed by atoms with Gasteiger partial charge in [0.05, 0.1) is 12.2 Å². The van der Waals surface area contributed by atoms with Gasteiger partial charge in [-0.3, -0.25) is 0 Å². The van der Waals surface area contributed by atoms with Crippen LogP contribution in [0.5, 0.6) is 0 Å². The summed E-state index contributed by atoms with van der Waals surface area (Å²) in [6.07, 6.45) is 8.03. The SMILES string of the molecule is CCCC[C@@H](O)C[C@H]1CCCC[C@H]1O. The molecule has 1 rings (SSSR count). The average Bonchev–Trinajstić information content (AvgIpc) is 2.18. The highest BCUT2D eigenvalue weighted by atomic mass is 16.3. The first-order valence-electron chi connectivity index (χ1n) is 6.10. The van der Waals surface area contributed by atoms with Crippen LogP contribution in [0, 0.1) is 5.92 Å². The molecule has 0 aliphatic heterocycles. The Bertz CT molecular complexity index is 147. The molecule has 0 aromatic rings. The minimum atomic E-state index is -0.187. The van der Waals surface area contributed by atoms with Crippen molar-refractivity contribution in [3.8, 4) is 0 Å². The Hall–Kier alpha value is -0.0800. The summed E-state index contributed by atoms with van der Waals surface area (Å²) >= 11 is 0. The summed E-state index contributed by atoms with van der Waals surface area (Å²) in [6.45, 7) is 2.14. The largest absolute Gasteiger partial charge is 0.393 e. The predicted molar refractivity (Wildman–Crippen MR) is 58.1 cm³/mol. The summed E-state index contributed by atoms with van der Waals surface area (Å²) in [5.41, 5.74) is 0. The van der Waals surface area contributed by atoms with Gasteiger partial charge in [0, 0.05) is 0 Å². The summed E-state index contributed by atoms with van der Waals surface area (Å²) < 4.78 is 0. The molecule has 14 heavy (non-hydrogen) atoms. The van der Waals surface area contributed by atoms with Gasteiger partial charge in [0.25, 0.3) is 0 Å². The average molecular weight is 200 g/mol. The topological polar surface area (TPSA) is 40.5 Å². The molecule has 0 bridgehead atoms. The normalized spacial score (nSPS) is 30.2. The molecule has 1 aliphatic carbocycles. The molecule has 1 saturated carbocycles. The van der Waals surface area contributed by atoms with Gasteiger partial charge in [-0.2, -0.15) is 0 Å². The van der Waals surface area contributed by atoms with Gasteiger partial charge in [-0.25, -0.2) is 0 Å². The van der Waals surface area contributed by atoms with Crippen LogP contribution in [0.4, 0.5) is 0 Å². The van der Waals surface area contributed by atoms with Crippen LogP contribution in [-0.4, -0.2) is 22.4 Å². The third-order valence-corrected chi connectivity index (χ3v) is 3.33. The Morgan fingerprint density at radius 3 is 2.64 bits per heavy atom. The number of rotatable bonds is 5. The molecule has 0 unspecified atom stereocenters. The maximum atomic E-state index is 9.74. The summed E-state index contributed by atoms with van der Waals surface area (Å²) in [5.74, 6) is 0.357. The molecule has 2 nitrogen and oxygen atoms in total. The van der Waals surface area contributed by atoms with E-state index in [0.717, 1.165) is 44.9 Å². The third-order valence-electron chi connectivity index (χ3n) is 3.33. The lowest BCUT2D eigenvalue weighted by molar-refractivity contribution is 0.0311. The molecule has 2 N–H and O–H groups in total. The smallest absolute Gasteiger partial charge is 0.0569 e. The van der Waals surface area contributed by atoms with Crippen molar-refractivity contribution in [1.82, 2.24) is 0 Å². The zero-order valence-corrected chi connectivity index (χ0v) is 9.28. The number of unbranched alkanes of at least 4 members (excludes halogenated alkanes) is 1. The second-order valence-corrected chi connectivity index (χ2v) is 4.64. The van der Waals surface area contributed by atoms with Crippen molar-refractivity contribution >= 4 is 0 Å². The minimum Gasteiger partial charge on any atom is -0.393 e. The molecule has 0 saturated heterocycles. The maximum Gasteiger partial charge on any atom is 0.0569 e. The van der Waals surface area contributed by atoms with Crippen LogP contribution in [0.1, 0.15) is 58.3 Å². The van der Waals surface area contributed by atoms with Crippen LogP contribution < -0.4 is 0 Å². The van der Waals surface area contributed by atoms with E-state index in [1.165, 1.54) is 6.42 Å². The van der Waals surface area contributed by atoms with E-state index in [-0.39, 0.29) is 12.2 Å². The van der Waals surface area contributed by atoms with E-state index >= 15 is 0 Å². The molecule has 1 fully saturated rings. The van der Waals surface area contributed by atoms with Crippen LogP contribution in [0.3, 0.4) is 0 Å². The molecule has 84 valence electrons. The molecular weight excluding hydrogens is 176 g/mol. The molecule has 0 spiro atoms. The number of hydrogen-bond acceptors (Lipinski definition) is 2. The van der Waals surface area contributed by atoms with E-state index in [0.29, 0.717) is 5.92 Å². The van der Waals surface area contributed by atoms with Crippen molar-refractivity contribution in [1.29, 1.82) is 0 Å². The van der Waals surface area contributed by atoms with Gasteiger partial charge in [0.1, 0.15) is 0 Å². The Morgan fingerprint density at radius 2 is 2.00 bits per heavy atom. The highest BCUT2D eigenvalue weighted by Crippen LogP contribution is 2.28. The zero-order chi connectivity index (χ0) is 10.4. The van der Waals surface area contributed by atoms with E-state index in [2.05, 4.69) is 6.92 Å². The summed E-state index contributed by atoms with van der Waals surface area (Å²) in [6, 6.07) is 0. The second-order valence-electron chi connectivity index (χ2n) is 4.64. The van der Waals surface area contributed by atoms with Gasteiger partial charge in [-0.15, -0.1) is 0 Å². The molecule has 0 aromatic carbocycles. The lowest BCUT2D eigenvalue weighted by atomic mass is 9.82. The first-order valence-corrected chi connectivity index (χ1v) is 6.10. The van der Waals surface area contributed by atoms with Gasteiger partial charge in [-0.1, -0.05) is 32.6 Å². The first-order chi connectivity index (χ1) is 6.74. The van der Waals surface area contributed by atoms with Gasteiger partial charge >= 0.3 is 0 Å². The molecule has 1 aliphatic rings. The van der Waals surface area contributed by atoms with E-state index in [9.17, 15) is 10.2 Å². The summed E-state index contributed by atoms with van der Waals surface area (Å²) in [4.78, 5) is 0. The van der Waals surface area contributed by atoms with Crippen molar-refractivity contribution in [3.05, 3.63) is 0 Å². The van der Waals surface area contributed by atoms with E-state index in [4.69, 9.17) is 0 Å². The van der Waals surface area contributed by atoms with E-state index in [1.54, 1.807) is 0 Å². The van der Waals surface area contributed by atoms with Crippen molar-refractivity contribution < 1.29 is 10.2 Å².